The summed E-state index contributed by atoms with van der Waals surface area (Å²) in [5, 5.41) is 5.68. The zero-order valence-electron chi connectivity index (χ0n) is 19.2. The Balaban J connectivity index is 1.47. The molecule has 2 aliphatic heterocycles. The van der Waals surface area contributed by atoms with Crippen LogP contribution in [-0.4, -0.2) is 78.9 Å². The summed E-state index contributed by atoms with van der Waals surface area (Å²) in [5.74, 6) is -0.168. The van der Waals surface area contributed by atoms with Crippen molar-refractivity contribution in [1.82, 2.24) is 15.1 Å². The molecule has 0 aliphatic carbocycles. The Morgan fingerprint density at radius 2 is 1.78 bits per heavy atom. The van der Waals surface area contributed by atoms with Crippen LogP contribution < -0.4 is 10.6 Å². The van der Waals surface area contributed by atoms with Gasteiger partial charge in [-0.1, -0.05) is 12.1 Å². The highest BCUT2D eigenvalue weighted by molar-refractivity contribution is 5.97. The molecule has 1 aromatic carbocycles. The summed E-state index contributed by atoms with van der Waals surface area (Å²) in [6, 6.07) is 6.89. The molecule has 1 atom stereocenters. The van der Waals surface area contributed by atoms with Gasteiger partial charge in [-0.2, -0.15) is 0 Å². The lowest BCUT2D eigenvalue weighted by Gasteiger charge is -2.33. The largest absolute Gasteiger partial charge is 0.449 e. The van der Waals surface area contributed by atoms with E-state index >= 15 is 0 Å². The summed E-state index contributed by atoms with van der Waals surface area (Å²) in [7, 11) is 0. The van der Waals surface area contributed by atoms with E-state index in [1.165, 1.54) is 0 Å². The van der Waals surface area contributed by atoms with Crippen molar-refractivity contribution in [1.29, 1.82) is 0 Å². The number of anilines is 1. The molecule has 0 saturated carbocycles. The normalized spacial score (nSPS) is 18.9. The fourth-order valence-corrected chi connectivity index (χ4v) is 3.79. The van der Waals surface area contributed by atoms with E-state index in [9.17, 15) is 14.4 Å². The monoisotopic (exact) mass is 446 g/mol. The van der Waals surface area contributed by atoms with E-state index in [1.807, 2.05) is 45.0 Å². The SMILES string of the molecule is CC(C)(C)NC(=O)OCCc1ccc(NC(=O)C2CCCN2C(=O)N2CCOCC2)cc1. The molecule has 4 amide bonds. The van der Waals surface area contributed by atoms with Gasteiger partial charge < -0.3 is 29.9 Å². The van der Waals surface area contributed by atoms with Crippen LogP contribution in [0.5, 0.6) is 0 Å². The number of nitrogens with one attached hydrogen (secondary N) is 2. The first-order valence-corrected chi connectivity index (χ1v) is 11.2. The quantitative estimate of drug-likeness (QED) is 0.724. The summed E-state index contributed by atoms with van der Waals surface area (Å²) < 4.78 is 10.5. The van der Waals surface area contributed by atoms with Crippen LogP contribution in [0, 0.1) is 0 Å². The molecule has 0 spiro atoms. The molecule has 32 heavy (non-hydrogen) atoms. The summed E-state index contributed by atoms with van der Waals surface area (Å²) in [5.41, 5.74) is 1.34. The Bertz CT molecular complexity index is 800. The Morgan fingerprint density at radius 3 is 2.44 bits per heavy atom. The van der Waals surface area contributed by atoms with Gasteiger partial charge in [0.15, 0.2) is 0 Å². The molecule has 0 bridgehead atoms. The lowest BCUT2D eigenvalue weighted by molar-refractivity contribution is -0.119. The van der Waals surface area contributed by atoms with Gasteiger partial charge in [-0.05, 0) is 51.3 Å². The smallest absolute Gasteiger partial charge is 0.407 e. The van der Waals surface area contributed by atoms with Gasteiger partial charge in [0.05, 0.1) is 19.8 Å². The van der Waals surface area contributed by atoms with E-state index in [-0.39, 0.29) is 24.1 Å². The summed E-state index contributed by atoms with van der Waals surface area (Å²) in [6.07, 6.45) is 1.62. The molecular weight excluding hydrogens is 412 g/mol. The molecule has 9 nitrogen and oxygen atoms in total. The zero-order valence-corrected chi connectivity index (χ0v) is 19.2. The number of alkyl carbamates (subject to hydrolysis) is 1. The van der Waals surface area contributed by atoms with Crippen LogP contribution in [0.2, 0.25) is 0 Å². The number of benzene rings is 1. The van der Waals surface area contributed by atoms with Crippen molar-refractivity contribution in [2.45, 2.75) is 51.6 Å². The lowest BCUT2D eigenvalue weighted by Crippen LogP contribution is -2.52. The fraction of sp³-hybridized carbons (Fsp3) is 0.609. The van der Waals surface area contributed by atoms with Gasteiger partial charge in [-0.15, -0.1) is 0 Å². The predicted molar refractivity (Wildman–Crippen MR) is 121 cm³/mol. The number of hydrogen-bond acceptors (Lipinski definition) is 5. The van der Waals surface area contributed by atoms with Gasteiger partial charge in [-0.3, -0.25) is 4.79 Å². The topological polar surface area (TPSA) is 100 Å². The van der Waals surface area contributed by atoms with E-state index < -0.39 is 12.1 Å². The standard InChI is InChI=1S/C23H34N4O5/c1-23(2,3)25-21(29)32-14-10-17-6-8-18(9-7-17)24-20(28)19-5-4-11-27(19)22(30)26-12-15-31-16-13-26/h6-9,19H,4-5,10-16H2,1-3H3,(H,24,28)(H,25,29). The number of ether oxygens (including phenoxy) is 2. The minimum absolute atomic E-state index is 0.0863. The number of nitrogens with zero attached hydrogens (tertiary/aromatic N) is 2. The Hall–Kier alpha value is -2.81. The first-order valence-electron chi connectivity index (χ1n) is 11.2. The third-order valence-electron chi connectivity index (χ3n) is 5.41. The van der Waals surface area contributed by atoms with Crippen LogP contribution >= 0.6 is 0 Å². The van der Waals surface area contributed by atoms with E-state index in [0.717, 1.165) is 12.0 Å². The molecule has 2 fully saturated rings. The number of morpholine rings is 1. The molecular formula is C23H34N4O5. The summed E-state index contributed by atoms with van der Waals surface area (Å²) in [4.78, 5) is 40.8. The van der Waals surface area contributed by atoms with Gasteiger partial charge in [0.1, 0.15) is 6.04 Å². The van der Waals surface area contributed by atoms with Gasteiger partial charge in [0, 0.05) is 37.3 Å². The van der Waals surface area contributed by atoms with Gasteiger partial charge in [0.25, 0.3) is 0 Å². The number of carbonyl (C=O) groups is 3. The number of amides is 4. The lowest BCUT2D eigenvalue weighted by atomic mass is 10.1. The van der Waals surface area contributed by atoms with Crippen LogP contribution in [0.15, 0.2) is 24.3 Å². The van der Waals surface area contributed by atoms with E-state index in [1.54, 1.807) is 9.80 Å². The molecule has 9 heteroatoms. The molecule has 0 radical (unpaired) electrons. The van der Waals surface area contributed by atoms with Crippen molar-refractivity contribution in [3.63, 3.8) is 0 Å². The Labute approximate surface area is 189 Å². The molecule has 2 saturated heterocycles. The second kappa shape index (κ2) is 10.7. The number of urea groups is 1. The van der Waals surface area contributed by atoms with Crippen LogP contribution in [0.4, 0.5) is 15.3 Å². The van der Waals surface area contributed by atoms with Crippen LogP contribution in [0.25, 0.3) is 0 Å². The summed E-state index contributed by atoms with van der Waals surface area (Å²) in [6.45, 7) is 8.74. The average Bonchev–Trinajstić information content (AvgIpc) is 3.24. The molecule has 0 aromatic heterocycles. The molecule has 2 N–H and O–H groups in total. The molecule has 2 heterocycles. The summed E-state index contributed by atoms with van der Waals surface area (Å²) >= 11 is 0. The predicted octanol–water partition coefficient (Wildman–Crippen LogP) is 2.61. The maximum atomic E-state index is 12.8. The maximum Gasteiger partial charge on any atom is 0.407 e. The maximum absolute atomic E-state index is 12.8. The van der Waals surface area contributed by atoms with Gasteiger partial charge in [-0.25, -0.2) is 9.59 Å². The van der Waals surface area contributed by atoms with Crippen molar-refractivity contribution >= 4 is 23.7 Å². The van der Waals surface area contributed by atoms with Gasteiger partial charge in [0.2, 0.25) is 5.91 Å². The van der Waals surface area contributed by atoms with Crippen molar-refractivity contribution < 1.29 is 23.9 Å². The molecule has 1 unspecified atom stereocenters. The van der Waals surface area contributed by atoms with Crippen LogP contribution in [0.3, 0.4) is 0 Å². The van der Waals surface area contributed by atoms with E-state index in [0.29, 0.717) is 51.4 Å². The average molecular weight is 447 g/mol. The highest BCUT2D eigenvalue weighted by atomic mass is 16.5. The van der Waals surface area contributed by atoms with E-state index in [2.05, 4.69) is 10.6 Å². The third kappa shape index (κ3) is 6.85. The minimum Gasteiger partial charge on any atom is -0.449 e. The van der Waals surface area contributed by atoms with Crippen molar-refractivity contribution in [3.05, 3.63) is 29.8 Å². The van der Waals surface area contributed by atoms with E-state index in [4.69, 9.17) is 9.47 Å². The first-order chi connectivity index (χ1) is 15.2. The molecule has 3 rings (SSSR count). The zero-order chi connectivity index (χ0) is 23.1. The third-order valence-corrected chi connectivity index (χ3v) is 5.41. The number of carbonyl (C=O) groups excluding carboxylic acids is 3. The van der Waals surface area contributed by atoms with Crippen LogP contribution in [-0.2, 0) is 20.7 Å². The number of likely N-dealkylation sites (tertiary alicyclic amines) is 1. The fourth-order valence-electron chi connectivity index (χ4n) is 3.79. The molecule has 176 valence electrons. The van der Waals surface area contributed by atoms with Crippen molar-refractivity contribution in [3.8, 4) is 0 Å². The second-order valence-corrected chi connectivity index (χ2v) is 9.18. The molecule has 2 aliphatic rings. The number of hydrogen-bond donors (Lipinski definition) is 2. The second-order valence-electron chi connectivity index (χ2n) is 9.18. The number of rotatable bonds is 5. The highest BCUT2D eigenvalue weighted by Gasteiger charge is 2.36. The van der Waals surface area contributed by atoms with Crippen molar-refractivity contribution in [2.24, 2.45) is 0 Å². The van der Waals surface area contributed by atoms with Crippen LogP contribution in [0.1, 0.15) is 39.2 Å². The van der Waals surface area contributed by atoms with Crippen molar-refractivity contribution in [2.75, 3.05) is 44.8 Å². The van der Waals surface area contributed by atoms with Gasteiger partial charge >= 0.3 is 12.1 Å². The highest BCUT2D eigenvalue weighted by Crippen LogP contribution is 2.22. The molecule has 1 aromatic rings. The Kier molecular flexibility index (Phi) is 7.95. The Morgan fingerprint density at radius 1 is 1.09 bits per heavy atom. The first kappa shape index (κ1) is 23.8. The minimum atomic E-state index is -0.459.